The second-order valence-corrected chi connectivity index (χ2v) is 8.57. The molecule has 0 fully saturated rings. The molecule has 0 unspecified atom stereocenters. The molecule has 2 aromatic heterocycles. The third kappa shape index (κ3) is 4.81. The normalized spacial score (nSPS) is 10.5. The Balaban J connectivity index is 1.60. The molecule has 3 rings (SSSR count). The first-order chi connectivity index (χ1) is 14.4. The number of rotatable bonds is 7. The number of pyridine rings is 1. The number of amides is 1. The van der Waals surface area contributed by atoms with Gasteiger partial charge in [0.1, 0.15) is 16.8 Å². The molecule has 154 valence electrons. The van der Waals surface area contributed by atoms with Gasteiger partial charge in [-0.25, -0.2) is 9.97 Å². The number of hydrogen-bond acceptors (Lipinski definition) is 7. The van der Waals surface area contributed by atoms with Gasteiger partial charge in [-0.1, -0.05) is 12.1 Å². The predicted molar refractivity (Wildman–Crippen MR) is 121 cm³/mol. The Kier molecular flexibility index (Phi) is 7.08. The van der Waals surface area contributed by atoms with E-state index in [0.717, 1.165) is 33.8 Å². The fourth-order valence-corrected chi connectivity index (χ4v) is 4.63. The summed E-state index contributed by atoms with van der Waals surface area (Å²) < 4.78 is 5.37. The van der Waals surface area contributed by atoms with Crippen LogP contribution in [-0.4, -0.2) is 28.7 Å². The molecule has 2 heterocycles. The minimum absolute atomic E-state index is 0.123. The van der Waals surface area contributed by atoms with Crippen molar-refractivity contribution < 1.29 is 9.53 Å². The van der Waals surface area contributed by atoms with E-state index in [9.17, 15) is 10.1 Å². The minimum atomic E-state index is -0.123. The molecular formula is C22H22N4O2S2. The van der Waals surface area contributed by atoms with Gasteiger partial charge in [-0.3, -0.25) is 4.79 Å². The summed E-state index contributed by atoms with van der Waals surface area (Å²) in [7, 11) is 1.62. The molecule has 8 heteroatoms. The van der Waals surface area contributed by atoms with Crippen molar-refractivity contribution in [1.82, 2.24) is 9.97 Å². The molecule has 0 aliphatic carbocycles. The Morgan fingerprint density at radius 2 is 2.00 bits per heavy atom. The summed E-state index contributed by atoms with van der Waals surface area (Å²) in [6.45, 7) is 5.83. The molecule has 1 N–H and O–H groups in total. The number of benzene rings is 1. The Hall–Kier alpha value is -2.89. The molecule has 0 atom stereocenters. The highest BCUT2D eigenvalue weighted by molar-refractivity contribution is 7.99. The van der Waals surface area contributed by atoms with Crippen LogP contribution in [0.2, 0.25) is 0 Å². The fourth-order valence-electron chi connectivity index (χ4n) is 2.88. The number of aromatic nitrogens is 2. The van der Waals surface area contributed by atoms with E-state index in [1.807, 2.05) is 50.4 Å². The number of nitriles is 1. The Morgan fingerprint density at radius 3 is 2.73 bits per heavy atom. The highest BCUT2D eigenvalue weighted by Gasteiger charge is 2.14. The quantitative estimate of drug-likeness (QED) is 0.515. The number of ether oxygens (including phenoxy) is 1. The molecule has 0 saturated carbocycles. The Bertz CT molecular complexity index is 1120. The third-order valence-corrected chi connectivity index (χ3v) is 6.51. The first-order valence-corrected chi connectivity index (χ1v) is 11.2. The van der Waals surface area contributed by atoms with Crippen LogP contribution in [0.25, 0.3) is 11.3 Å². The molecule has 0 aliphatic heterocycles. The lowest BCUT2D eigenvalue weighted by atomic mass is 10.1. The number of para-hydroxylation sites is 1. The summed E-state index contributed by atoms with van der Waals surface area (Å²) in [5.41, 5.74) is 5.12. The van der Waals surface area contributed by atoms with Crippen molar-refractivity contribution in [2.75, 3.05) is 18.2 Å². The molecule has 30 heavy (non-hydrogen) atoms. The molecule has 3 aromatic rings. The van der Waals surface area contributed by atoms with E-state index in [1.165, 1.54) is 23.1 Å². The highest BCUT2D eigenvalue weighted by Crippen LogP contribution is 2.32. The van der Waals surface area contributed by atoms with Gasteiger partial charge in [-0.15, -0.1) is 23.1 Å². The zero-order valence-electron chi connectivity index (χ0n) is 17.3. The molecular weight excluding hydrogens is 416 g/mol. The number of carbonyl (C=O) groups is 1. The average Bonchev–Trinajstić information content (AvgIpc) is 3.20. The van der Waals surface area contributed by atoms with Crippen LogP contribution in [0.4, 0.5) is 5.13 Å². The molecule has 1 aromatic carbocycles. The van der Waals surface area contributed by atoms with Gasteiger partial charge in [-0.2, -0.15) is 5.26 Å². The molecule has 0 spiro atoms. The number of thioether (sulfide) groups is 1. The summed E-state index contributed by atoms with van der Waals surface area (Å²) in [6.07, 6.45) is 0.298. The van der Waals surface area contributed by atoms with Gasteiger partial charge in [0.05, 0.1) is 18.4 Å². The third-order valence-electron chi connectivity index (χ3n) is 4.78. The molecule has 1 amide bonds. The van der Waals surface area contributed by atoms with Crippen molar-refractivity contribution in [3.05, 3.63) is 52.0 Å². The van der Waals surface area contributed by atoms with E-state index >= 15 is 0 Å². The lowest BCUT2D eigenvalue weighted by Crippen LogP contribution is -2.12. The Labute approximate surface area is 184 Å². The van der Waals surface area contributed by atoms with Crippen molar-refractivity contribution in [2.24, 2.45) is 0 Å². The van der Waals surface area contributed by atoms with Crippen LogP contribution in [0.1, 0.15) is 28.8 Å². The van der Waals surface area contributed by atoms with Crippen molar-refractivity contribution in [3.63, 3.8) is 0 Å². The van der Waals surface area contributed by atoms with Crippen LogP contribution < -0.4 is 10.1 Å². The minimum Gasteiger partial charge on any atom is -0.496 e. The van der Waals surface area contributed by atoms with E-state index in [0.29, 0.717) is 27.9 Å². The summed E-state index contributed by atoms with van der Waals surface area (Å²) in [6, 6.07) is 9.87. The van der Waals surface area contributed by atoms with Crippen LogP contribution >= 0.6 is 23.1 Å². The van der Waals surface area contributed by atoms with E-state index in [1.54, 1.807) is 7.11 Å². The van der Waals surface area contributed by atoms with E-state index in [4.69, 9.17) is 4.74 Å². The van der Waals surface area contributed by atoms with Crippen molar-refractivity contribution >= 4 is 34.1 Å². The number of methoxy groups -OCH3 is 1. The van der Waals surface area contributed by atoms with Gasteiger partial charge >= 0.3 is 0 Å². The molecule has 0 aliphatic rings. The van der Waals surface area contributed by atoms with Gasteiger partial charge in [0.25, 0.3) is 0 Å². The predicted octanol–water partition coefficient (Wildman–Crippen LogP) is 5.13. The number of hydrogen-bond donors (Lipinski definition) is 1. The molecule has 0 bridgehead atoms. The van der Waals surface area contributed by atoms with Gasteiger partial charge in [0, 0.05) is 28.8 Å². The first kappa shape index (κ1) is 21.8. The van der Waals surface area contributed by atoms with Gasteiger partial charge in [-0.05, 0) is 44.0 Å². The van der Waals surface area contributed by atoms with Gasteiger partial charge in [0.15, 0.2) is 5.13 Å². The second-order valence-electron chi connectivity index (χ2n) is 6.62. The number of thiazole rings is 1. The largest absolute Gasteiger partial charge is 0.496 e. The summed E-state index contributed by atoms with van der Waals surface area (Å²) in [4.78, 5) is 21.4. The number of anilines is 1. The number of carbonyl (C=O) groups excluding carboxylic acids is 1. The highest BCUT2D eigenvalue weighted by atomic mass is 32.2. The molecule has 0 radical (unpaired) electrons. The monoisotopic (exact) mass is 438 g/mol. The maximum atomic E-state index is 12.3. The van der Waals surface area contributed by atoms with Crippen molar-refractivity contribution in [1.29, 1.82) is 5.26 Å². The number of nitrogens with zero attached hydrogens (tertiary/aromatic N) is 3. The first-order valence-electron chi connectivity index (χ1n) is 9.34. The number of nitrogens with one attached hydrogen (secondary N) is 1. The summed E-state index contributed by atoms with van der Waals surface area (Å²) in [5, 5.41) is 15.4. The van der Waals surface area contributed by atoms with Crippen LogP contribution in [0, 0.1) is 32.1 Å². The maximum Gasteiger partial charge on any atom is 0.226 e. The SMILES string of the molecule is COc1ccccc1-c1csc(NC(=O)CCSc2nc(C)c(C)c(C)c2C#N)n1. The smallest absolute Gasteiger partial charge is 0.226 e. The van der Waals surface area contributed by atoms with E-state index < -0.39 is 0 Å². The summed E-state index contributed by atoms with van der Waals surface area (Å²) in [5.74, 6) is 1.14. The van der Waals surface area contributed by atoms with Crippen LogP contribution in [-0.2, 0) is 4.79 Å². The zero-order chi connectivity index (χ0) is 21.7. The van der Waals surface area contributed by atoms with Crippen LogP contribution in [0.15, 0.2) is 34.7 Å². The fraction of sp³-hybridized carbons (Fsp3) is 0.273. The molecule has 0 saturated heterocycles. The van der Waals surface area contributed by atoms with E-state index in [-0.39, 0.29) is 5.91 Å². The van der Waals surface area contributed by atoms with E-state index in [2.05, 4.69) is 21.4 Å². The summed E-state index contributed by atoms with van der Waals surface area (Å²) >= 11 is 2.80. The topological polar surface area (TPSA) is 87.9 Å². The lowest BCUT2D eigenvalue weighted by Gasteiger charge is -2.10. The average molecular weight is 439 g/mol. The Morgan fingerprint density at radius 1 is 1.23 bits per heavy atom. The van der Waals surface area contributed by atoms with Gasteiger partial charge < -0.3 is 10.1 Å². The lowest BCUT2D eigenvalue weighted by molar-refractivity contribution is -0.115. The van der Waals surface area contributed by atoms with Crippen LogP contribution in [0.3, 0.4) is 0 Å². The van der Waals surface area contributed by atoms with Crippen molar-refractivity contribution in [3.8, 4) is 23.1 Å². The van der Waals surface area contributed by atoms with Crippen molar-refractivity contribution in [2.45, 2.75) is 32.2 Å². The van der Waals surface area contributed by atoms with Gasteiger partial charge in [0.2, 0.25) is 5.91 Å². The molecule has 6 nitrogen and oxygen atoms in total. The maximum absolute atomic E-state index is 12.3. The zero-order valence-corrected chi connectivity index (χ0v) is 18.9. The standard InChI is InChI=1S/C22H22N4O2S2/c1-13-14(2)17(11-23)21(24-15(13)3)29-10-9-20(27)26-22-25-18(12-30-22)16-7-5-6-8-19(16)28-4/h5-8,12H,9-10H2,1-4H3,(H,25,26,27). The number of aryl methyl sites for hydroxylation is 1. The van der Waals surface area contributed by atoms with Crippen LogP contribution in [0.5, 0.6) is 5.75 Å². The second kappa shape index (κ2) is 9.74.